The van der Waals surface area contributed by atoms with Gasteiger partial charge in [0, 0.05) is 18.5 Å². The zero-order valence-electron chi connectivity index (χ0n) is 10.2. The Labute approximate surface area is 100 Å². The number of benzene rings is 1. The van der Waals surface area contributed by atoms with E-state index in [-0.39, 0.29) is 5.78 Å². The summed E-state index contributed by atoms with van der Waals surface area (Å²) in [5, 5.41) is 0. The molecule has 0 aliphatic heterocycles. The van der Waals surface area contributed by atoms with Gasteiger partial charge in [0.2, 0.25) is 0 Å². The number of hydrogen-bond donors (Lipinski definition) is 0. The molecule has 0 aromatic heterocycles. The molecule has 0 bridgehead atoms. The summed E-state index contributed by atoms with van der Waals surface area (Å²) in [5.74, 6) is -0.682. The molecule has 1 rings (SSSR count). The molecule has 0 saturated heterocycles. The summed E-state index contributed by atoms with van der Waals surface area (Å²) in [6, 6.07) is 3.44. The van der Waals surface area contributed by atoms with E-state index >= 15 is 0 Å². The highest BCUT2D eigenvalue weighted by Gasteiger charge is 2.07. The number of ketones is 1. The molecule has 0 aliphatic rings. The van der Waals surface area contributed by atoms with Gasteiger partial charge in [0.15, 0.2) is 0 Å². The van der Waals surface area contributed by atoms with Gasteiger partial charge in [0.1, 0.15) is 17.4 Å². The van der Waals surface area contributed by atoms with Crippen molar-refractivity contribution in [1.29, 1.82) is 0 Å². The summed E-state index contributed by atoms with van der Waals surface area (Å²) in [5.41, 5.74) is 0.343. The quantitative estimate of drug-likeness (QED) is 0.763. The van der Waals surface area contributed by atoms with Gasteiger partial charge in [-0.1, -0.05) is 0 Å². The van der Waals surface area contributed by atoms with Gasteiger partial charge in [0.05, 0.1) is 0 Å². The second-order valence-electron chi connectivity index (χ2n) is 4.28. The van der Waals surface area contributed by atoms with Crippen molar-refractivity contribution in [3.8, 4) is 0 Å². The molecule has 0 N–H and O–H groups in total. The SMILES string of the molecule is CC(=O)CCCN(C)Cc1cc(F)ccc1F. The van der Waals surface area contributed by atoms with E-state index in [1.807, 2.05) is 11.9 Å². The van der Waals surface area contributed by atoms with Crippen molar-refractivity contribution < 1.29 is 13.6 Å². The number of hydrogen-bond acceptors (Lipinski definition) is 2. The van der Waals surface area contributed by atoms with Gasteiger partial charge in [-0.25, -0.2) is 8.78 Å². The van der Waals surface area contributed by atoms with Crippen LogP contribution in [0.1, 0.15) is 25.3 Å². The van der Waals surface area contributed by atoms with Crippen LogP contribution in [0.4, 0.5) is 8.78 Å². The molecular formula is C13H17F2NO. The van der Waals surface area contributed by atoms with E-state index in [0.717, 1.165) is 18.6 Å². The van der Waals surface area contributed by atoms with Crippen LogP contribution in [0.15, 0.2) is 18.2 Å². The molecule has 1 aromatic carbocycles. The minimum atomic E-state index is -0.432. The van der Waals surface area contributed by atoms with Crippen LogP contribution in [0.2, 0.25) is 0 Å². The molecule has 0 fully saturated rings. The van der Waals surface area contributed by atoms with Crippen molar-refractivity contribution >= 4 is 5.78 Å². The molecule has 0 amide bonds. The summed E-state index contributed by atoms with van der Waals surface area (Å²) in [6.07, 6.45) is 1.26. The minimum absolute atomic E-state index is 0.148. The third kappa shape index (κ3) is 5.04. The normalized spacial score (nSPS) is 10.9. The molecule has 0 saturated carbocycles. The van der Waals surface area contributed by atoms with Crippen molar-refractivity contribution in [2.24, 2.45) is 0 Å². The molecule has 0 unspecified atom stereocenters. The van der Waals surface area contributed by atoms with Gasteiger partial charge in [-0.2, -0.15) is 0 Å². The molecule has 0 radical (unpaired) electrons. The lowest BCUT2D eigenvalue weighted by molar-refractivity contribution is -0.117. The Morgan fingerprint density at radius 3 is 2.71 bits per heavy atom. The molecule has 4 heteroatoms. The second-order valence-corrected chi connectivity index (χ2v) is 4.28. The zero-order valence-corrected chi connectivity index (χ0v) is 10.2. The summed E-state index contributed by atoms with van der Waals surface area (Å²) >= 11 is 0. The van der Waals surface area contributed by atoms with Gasteiger partial charge in [0.25, 0.3) is 0 Å². The van der Waals surface area contributed by atoms with Gasteiger partial charge in [-0.15, -0.1) is 0 Å². The fraction of sp³-hybridized carbons (Fsp3) is 0.462. The average Bonchev–Trinajstić information content (AvgIpc) is 2.23. The summed E-state index contributed by atoms with van der Waals surface area (Å²) in [6.45, 7) is 2.59. The highest BCUT2D eigenvalue weighted by molar-refractivity contribution is 5.75. The molecule has 94 valence electrons. The molecular weight excluding hydrogens is 224 g/mol. The average molecular weight is 241 g/mol. The Bertz CT molecular complexity index is 393. The maximum atomic E-state index is 13.3. The van der Waals surface area contributed by atoms with E-state index in [9.17, 15) is 13.6 Å². The molecule has 0 spiro atoms. The standard InChI is InChI=1S/C13H17F2NO/c1-10(17)4-3-7-16(2)9-11-8-12(14)5-6-13(11)15/h5-6,8H,3-4,7,9H2,1-2H3. The van der Waals surface area contributed by atoms with Gasteiger partial charge in [-0.05, 0) is 45.1 Å². The largest absolute Gasteiger partial charge is 0.302 e. The molecule has 2 nitrogen and oxygen atoms in total. The number of halogens is 2. The fourth-order valence-corrected chi connectivity index (χ4v) is 1.63. The Balaban J connectivity index is 2.47. The maximum absolute atomic E-state index is 13.3. The van der Waals surface area contributed by atoms with Crippen molar-refractivity contribution in [3.63, 3.8) is 0 Å². The highest BCUT2D eigenvalue weighted by Crippen LogP contribution is 2.12. The van der Waals surface area contributed by atoms with Crippen molar-refractivity contribution in [2.75, 3.05) is 13.6 Å². The predicted molar refractivity (Wildman–Crippen MR) is 62.6 cm³/mol. The molecule has 0 aliphatic carbocycles. The van der Waals surface area contributed by atoms with E-state index in [2.05, 4.69) is 0 Å². The topological polar surface area (TPSA) is 20.3 Å². The first kappa shape index (κ1) is 13.8. The Morgan fingerprint density at radius 2 is 2.06 bits per heavy atom. The molecule has 0 atom stereocenters. The van der Waals surface area contributed by atoms with E-state index < -0.39 is 11.6 Å². The van der Waals surface area contributed by atoms with Crippen LogP contribution in [-0.4, -0.2) is 24.3 Å². The minimum Gasteiger partial charge on any atom is -0.302 e. The van der Waals surface area contributed by atoms with E-state index in [1.54, 1.807) is 6.92 Å². The smallest absolute Gasteiger partial charge is 0.129 e. The lowest BCUT2D eigenvalue weighted by Crippen LogP contribution is -2.20. The van der Waals surface area contributed by atoms with Crippen LogP contribution >= 0.6 is 0 Å². The molecule has 17 heavy (non-hydrogen) atoms. The van der Waals surface area contributed by atoms with Crippen LogP contribution in [0.25, 0.3) is 0 Å². The third-order valence-electron chi connectivity index (χ3n) is 2.52. The van der Waals surface area contributed by atoms with Crippen LogP contribution in [-0.2, 0) is 11.3 Å². The van der Waals surface area contributed by atoms with Gasteiger partial charge < -0.3 is 9.69 Å². The van der Waals surface area contributed by atoms with Crippen molar-refractivity contribution in [3.05, 3.63) is 35.4 Å². The Morgan fingerprint density at radius 1 is 1.35 bits per heavy atom. The van der Waals surface area contributed by atoms with Crippen molar-refractivity contribution in [1.82, 2.24) is 4.90 Å². The van der Waals surface area contributed by atoms with Crippen LogP contribution < -0.4 is 0 Å². The van der Waals surface area contributed by atoms with Crippen LogP contribution in [0, 0.1) is 11.6 Å². The van der Waals surface area contributed by atoms with E-state index in [4.69, 9.17) is 0 Å². The third-order valence-corrected chi connectivity index (χ3v) is 2.52. The first-order valence-corrected chi connectivity index (χ1v) is 5.61. The van der Waals surface area contributed by atoms with Gasteiger partial charge in [-0.3, -0.25) is 0 Å². The van der Waals surface area contributed by atoms with Crippen LogP contribution in [0.5, 0.6) is 0 Å². The van der Waals surface area contributed by atoms with Crippen LogP contribution in [0.3, 0.4) is 0 Å². The summed E-state index contributed by atoms with van der Waals surface area (Å²) in [4.78, 5) is 12.6. The van der Waals surface area contributed by atoms with Gasteiger partial charge >= 0.3 is 0 Å². The first-order valence-electron chi connectivity index (χ1n) is 5.61. The predicted octanol–water partition coefficient (Wildman–Crippen LogP) is 2.77. The number of nitrogens with zero attached hydrogens (tertiary/aromatic N) is 1. The fourth-order valence-electron chi connectivity index (χ4n) is 1.63. The maximum Gasteiger partial charge on any atom is 0.129 e. The zero-order chi connectivity index (χ0) is 12.8. The first-order chi connectivity index (χ1) is 7.99. The number of rotatable bonds is 6. The lowest BCUT2D eigenvalue weighted by Gasteiger charge is -2.16. The summed E-state index contributed by atoms with van der Waals surface area (Å²) < 4.78 is 26.3. The number of Topliss-reactive ketones (excluding diaryl/α,β-unsaturated/α-hetero) is 1. The Hall–Kier alpha value is -1.29. The molecule has 1 aromatic rings. The number of carbonyl (C=O) groups is 1. The monoisotopic (exact) mass is 241 g/mol. The Kier molecular flexibility index (Phi) is 5.22. The van der Waals surface area contributed by atoms with Crippen molar-refractivity contribution in [2.45, 2.75) is 26.3 Å². The highest BCUT2D eigenvalue weighted by atomic mass is 19.1. The van der Waals surface area contributed by atoms with E-state index in [1.165, 1.54) is 6.07 Å². The summed E-state index contributed by atoms with van der Waals surface area (Å²) in [7, 11) is 1.82. The molecule has 0 heterocycles. The van der Waals surface area contributed by atoms with E-state index in [0.29, 0.717) is 25.1 Å². The second kappa shape index (κ2) is 6.45. The number of carbonyl (C=O) groups excluding carboxylic acids is 1. The lowest BCUT2D eigenvalue weighted by atomic mass is 10.2.